The Morgan fingerprint density at radius 2 is 1.80 bits per heavy atom. The van der Waals surface area contributed by atoms with Crippen molar-refractivity contribution in [2.45, 2.75) is 50.9 Å². The molecule has 0 saturated carbocycles. The number of Topliss-reactive ketones (excluding diaryl/α,β-unsaturated/α-hetero) is 1. The third kappa shape index (κ3) is 5.84. The molecule has 0 saturated heterocycles. The van der Waals surface area contributed by atoms with Crippen LogP contribution in [-0.4, -0.2) is 51.1 Å². The Morgan fingerprint density at radius 3 is 2.27 bits per heavy atom. The van der Waals surface area contributed by atoms with E-state index in [9.17, 15) is 15.0 Å². The van der Waals surface area contributed by atoms with Gasteiger partial charge in [-0.3, -0.25) is 4.79 Å². The minimum atomic E-state index is -1.47. The summed E-state index contributed by atoms with van der Waals surface area (Å²) >= 11 is 0. The zero-order chi connectivity index (χ0) is 11.8. The van der Waals surface area contributed by atoms with Crippen LogP contribution < -0.4 is 0 Å². The molecular formula is C10H20O5. The highest BCUT2D eigenvalue weighted by Crippen LogP contribution is 2.07. The summed E-state index contributed by atoms with van der Waals surface area (Å²) in [6, 6.07) is 0. The fourth-order valence-corrected chi connectivity index (χ4v) is 1.19. The molecule has 0 amide bonds. The molecule has 0 aliphatic heterocycles. The van der Waals surface area contributed by atoms with Crippen molar-refractivity contribution in [1.82, 2.24) is 0 Å². The highest BCUT2D eigenvalue weighted by Gasteiger charge is 2.25. The van der Waals surface area contributed by atoms with Crippen molar-refractivity contribution in [1.29, 1.82) is 0 Å². The van der Waals surface area contributed by atoms with Crippen LogP contribution in [0.3, 0.4) is 0 Å². The maximum absolute atomic E-state index is 11.2. The van der Waals surface area contributed by atoms with Gasteiger partial charge in [-0.25, -0.2) is 0 Å². The van der Waals surface area contributed by atoms with Gasteiger partial charge < -0.3 is 20.4 Å². The molecule has 0 aromatic carbocycles. The zero-order valence-electron chi connectivity index (χ0n) is 8.96. The van der Waals surface area contributed by atoms with Crippen molar-refractivity contribution >= 4 is 5.78 Å². The second-order valence-electron chi connectivity index (χ2n) is 3.65. The van der Waals surface area contributed by atoms with Gasteiger partial charge in [0, 0.05) is 12.8 Å². The number of carbonyl (C=O) groups excluding carboxylic acids is 1. The lowest BCUT2D eigenvalue weighted by Gasteiger charge is -2.20. The second-order valence-corrected chi connectivity index (χ2v) is 3.65. The first kappa shape index (κ1) is 14.5. The fourth-order valence-electron chi connectivity index (χ4n) is 1.19. The summed E-state index contributed by atoms with van der Waals surface area (Å²) in [6.07, 6.45) is -2.35. The number of aliphatic hydroxyl groups excluding tert-OH is 4. The van der Waals surface area contributed by atoms with E-state index < -0.39 is 24.9 Å². The molecule has 0 aliphatic carbocycles. The average Bonchev–Trinajstić information content (AvgIpc) is 2.23. The van der Waals surface area contributed by atoms with Crippen molar-refractivity contribution < 1.29 is 25.2 Å². The third-order valence-electron chi connectivity index (χ3n) is 2.22. The Bertz CT molecular complexity index is 183. The van der Waals surface area contributed by atoms with Crippen LogP contribution in [0.15, 0.2) is 0 Å². The molecule has 0 unspecified atom stereocenters. The Labute approximate surface area is 89.4 Å². The molecule has 0 spiro atoms. The molecular weight excluding hydrogens is 200 g/mol. The Balaban J connectivity index is 3.90. The van der Waals surface area contributed by atoms with E-state index >= 15 is 0 Å². The zero-order valence-corrected chi connectivity index (χ0v) is 8.96. The Kier molecular flexibility index (Phi) is 7.50. The second kappa shape index (κ2) is 7.76. The van der Waals surface area contributed by atoms with Gasteiger partial charge in [0.05, 0.1) is 12.7 Å². The van der Waals surface area contributed by atoms with Crippen LogP contribution in [0.4, 0.5) is 0 Å². The van der Waals surface area contributed by atoms with E-state index in [1.807, 2.05) is 6.92 Å². The van der Waals surface area contributed by atoms with Gasteiger partial charge in [-0.2, -0.15) is 0 Å². The van der Waals surface area contributed by atoms with Crippen LogP contribution >= 0.6 is 0 Å². The summed E-state index contributed by atoms with van der Waals surface area (Å²) in [7, 11) is 0. The summed E-state index contributed by atoms with van der Waals surface area (Å²) < 4.78 is 0. The molecule has 0 radical (unpaired) electrons. The number of unbranched alkanes of at least 4 members (excludes halogenated alkanes) is 1. The van der Waals surface area contributed by atoms with Gasteiger partial charge in [0.25, 0.3) is 0 Å². The van der Waals surface area contributed by atoms with Crippen LogP contribution in [0.5, 0.6) is 0 Å². The predicted octanol–water partition coefficient (Wildman–Crippen LogP) is -0.789. The number of rotatable bonds is 8. The van der Waals surface area contributed by atoms with Crippen molar-refractivity contribution in [2.24, 2.45) is 0 Å². The van der Waals surface area contributed by atoms with E-state index in [4.69, 9.17) is 10.2 Å². The molecule has 3 atom stereocenters. The molecule has 0 aliphatic rings. The standard InChI is InChI=1S/C10H20O5/c1-2-3-4-7(12)5-8(13)10(15)9(14)6-11/h8-11,13-15H,2-6H2,1H3/t8-,9-,10-/m1/s1. The highest BCUT2D eigenvalue weighted by atomic mass is 16.4. The summed E-state index contributed by atoms with van der Waals surface area (Å²) in [5.41, 5.74) is 0. The largest absolute Gasteiger partial charge is 0.394 e. The van der Waals surface area contributed by atoms with E-state index in [2.05, 4.69) is 0 Å². The Morgan fingerprint density at radius 1 is 1.20 bits per heavy atom. The van der Waals surface area contributed by atoms with Gasteiger partial charge in [0.15, 0.2) is 0 Å². The predicted molar refractivity (Wildman–Crippen MR) is 54.3 cm³/mol. The molecule has 0 heterocycles. The maximum atomic E-state index is 11.2. The summed E-state index contributed by atoms with van der Waals surface area (Å²) in [6.45, 7) is 1.31. The van der Waals surface area contributed by atoms with E-state index in [0.717, 1.165) is 12.8 Å². The summed E-state index contributed by atoms with van der Waals surface area (Å²) in [5.74, 6) is -0.145. The molecule has 0 aromatic rings. The topological polar surface area (TPSA) is 98.0 Å². The molecule has 15 heavy (non-hydrogen) atoms. The third-order valence-corrected chi connectivity index (χ3v) is 2.22. The van der Waals surface area contributed by atoms with Gasteiger partial charge in [-0.05, 0) is 6.42 Å². The molecule has 5 heteroatoms. The SMILES string of the molecule is CCCCC(=O)C[C@@H](O)[C@@H](O)[C@H](O)CO. The average molecular weight is 220 g/mol. The smallest absolute Gasteiger partial charge is 0.135 e. The quantitative estimate of drug-likeness (QED) is 0.430. The van der Waals surface area contributed by atoms with E-state index in [1.165, 1.54) is 0 Å². The number of carbonyl (C=O) groups is 1. The highest BCUT2D eigenvalue weighted by molar-refractivity contribution is 5.78. The van der Waals surface area contributed by atoms with Crippen molar-refractivity contribution in [3.8, 4) is 0 Å². The van der Waals surface area contributed by atoms with Crippen LogP contribution in [0.1, 0.15) is 32.6 Å². The minimum Gasteiger partial charge on any atom is -0.394 e. The van der Waals surface area contributed by atoms with E-state index in [1.54, 1.807) is 0 Å². The van der Waals surface area contributed by atoms with Crippen molar-refractivity contribution in [3.05, 3.63) is 0 Å². The van der Waals surface area contributed by atoms with Gasteiger partial charge in [0.1, 0.15) is 18.0 Å². The molecule has 0 fully saturated rings. The first-order valence-corrected chi connectivity index (χ1v) is 5.19. The van der Waals surface area contributed by atoms with Crippen molar-refractivity contribution in [3.63, 3.8) is 0 Å². The van der Waals surface area contributed by atoms with E-state index in [0.29, 0.717) is 6.42 Å². The Hall–Kier alpha value is -0.490. The van der Waals surface area contributed by atoms with Gasteiger partial charge in [-0.15, -0.1) is 0 Å². The number of hydrogen-bond donors (Lipinski definition) is 4. The number of ketones is 1. The maximum Gasteiger partial charge on any atom is 0.135 e. The molecule has 90 valence electrons. The number of aliphatic hydroxyl groups is 4. The normalized spacial score (nSPS) is 17.1. The first-order chi connectivity index (χ1) is 7.02. The lowest BCUT2D eigenvalue weighted by Crippen LogP contribution is -2.40. The summed E-state index contributed by atoms with van der Waals surface area (Å²) in [5, 5.41) is 36.1. The summed E-state index contributed by atoms with van der Waals surface area (Å²) in [4.78, 5) is 11.2. The van der Waals surface area contributed by atoms with Gasteiger partial charge in [-0.1, -0.05) is 13.3 Å². The van der Waals surface area contributed by atoms with Gasteiger partial charge >= 0.3 is 0 Å². The van der Waals surface area contributed by atoms with Crippen LogP contribution in [-0.2, 0) is 4.79 Å². The lowest BCUT2D eigenvalue weighted by atomic mass is 10.0. The van der Waals surface area contributed by atoms with Crippen LogP contribution in [0.25, 0.3) is 0 Å². The minimum absolute atomic E-state index is 0.145. The van der Waals surface area contributed by atoms with E-state index in [-0.39, 0.29) is 12.2 Å². The van der Waals surface area contributed by atoms with Crippen LogP contribution in [0.2, 0.25) is 0 Å². The van der Waals surface area contributed by atoms with Crippen LogP contribution in [0, 0.1) is 0 Å². The molecule has 0 bridgehead atoms. The lowest BCUT2D eigenvalue weighted by molar-refractivity contribution is -0.126. The molecule has 4 N–H and O–H groups in total. The number of hydrogen-bond acceptors (Lipinski definition) is 5. The molecule has 0 rings (SSSR count). The monoisotopic (exact) mass is 220 g/mol. The van der Waals surface area contributed by atoms with Gasteiger partial charge in [0.2, 0.25) is 0 Å². The first-order valence-electron chi connectivity index (χ1n) is 5.19. The fraction of sp³-hybridized carbons (Fsp3) is 0.900. The molecule has 5 nitrogen and oxygen atoms in total. The van der Waals surface area contributed by atoms with Crippen molar-refractivity contribution in [2.75, 3.05) is 6.61 Å². The molecule has 0 aromatic heterocycles.